The Morgan fingerprint density at radius 2 is 2.00 bits per heavy atom. The highest BCUT2D eigenvalue weighted by atomic mass is 32.2. The van der Waals surface area contributed by atoms with Crippen LogP contribution in [0.15, 0.2) is 57.9 Å². The molecule has 1 aliphatic heterocycles. The van der Waals surface area contributed by atoms with E-state index < -0.39 is 28.5 Å². The van der Waals surface area contributed by atoms with Gasteiger partial charge in [-0.2, -0.15) is 4.98 Å². The van der Waals surface area contributed by atoms with Gasteiger partial charge in [-0.15, -0.1) is 0 Å². The molecule has 2 heterocycles. The summed E-state index contributed by atoms with van der Waals surface area (Å²) in [6, 6.07) is 12.4. The first-order valence-electron chi connectivity index (χ1n) is 11.0. The summed E-state index contributed by atoms with van der Waals surface area (Å²) in [7, 11) is -3.89. The zero-order valence-electron chi connectivity index (χ0n) is 18.6. The summed E-state index contributed by atoms with van der Waals surface area (Å²) < 4.78 is 46.4. The van der Waals surface area contributed by atoms with Gasteiger partial charge in [0, 0.05) is 23.5 Å². The molecular formula is C23H26FN5O4S. The Bertz CT molecular complexity index is 1240. The fraction of sp³-hybridized carbons (Fsp3) is 0.348. The van der Waals surface area contributed by atoms with Crippen molar-refractivity contribution in [2.75, 3.05) is 29.8 Å². The van der Waals surface area contributed by atoms with Crippen LogP contribution in [0.4, 0.5) is 15.8 Å². The summed E-state index contributed by atoms with van der Waals surface area (Å²) in [5, 5.41) is 9.92. The van der Waals surface area contributed by atoms with Gasteiger partial charge in [-0.3, -0.25) is 13.9 Å². The lowest BCUT2D eigenvalue weighted by Crippen LogP contribution is -2.28. The maximum Gasteiger partial charge on any atom is 0.261 e. The van der Waals surface area contributed by atoms with Gasteiger partial charge in [-0.05, 0) is 55.8 Å². The van der Waals surface area contributed by atoms with Gasteiger partial charge in [0.05, 0.1) is 16.7 Å². The van der Waals surface area contributed by atoms with Gasteiger partial charge < -0.3 is 15.2 Å². The topological polar surface area (TPSA) is 126 Å². The Balaban J connectivity index is 1.46. The van der Waals surface area contributed by atoms with Crippen LogP contribution < -0.4 is 15.4 Å². The standard InChI is InChI=1S/C23H26FN5O4S/c1-15(13-24)22(30)26-18-7-9-19(10-8-18)29-34(31,32)20-6-2-4-16(12-20)21-27-23(33-28-21)17-5-3-11-25-14-17/h2,4,6-10,12,15,17,25,29H,3,5,11,13-14H2,1H3,(H,26,30). The van der Waals surface area contributed by atoms with Gasteiger partial charge in [-0.1, -0.05) is 24.2 Å². The summed E-state index contributed by atoms with van der Waals surface area (Å²) in [6.07, 6.45) is 2.00. The Labute approximate surface area is 197 Å². The van der Waals surface area contributed by atoms with Gasteiger partial charge in [0.25, 0.3) is 10.0 Å². The molecule has 1 amide bonds. The number of carbonyl (C=O) groups is 1. The normalized spacial score (nSPS) is 17.2. The van der Waals surface area contributed by atoms with Crippen molar-refractivity contribution in [3.63, 3.8) is 0 Å². The zero-order chi connectivity index (χ0) is 24.1. The minimum atomic E-state index is -3.89. The van der Waals surface area contributed by atoms with Crippen molar-refractivity contribution in [1.29, 1.82) is 0 Å². The molecule has 2 atom stereocenters. The highest BCUT2D eigenvalue weighted by molar-refractivity contribution is 7.92. The predicted octanol–water partition coefficient (Wildman–Crippen LogP) is 3.55. The molecule has 34 heavy (non-hydrogen) atoms. The van der Waals surface area contributed by atoms with E-state index in [0.29, 0.717) is 28.7 Å². The monoisotopic (exact) mass is 487 g/mol. The molecular weight excluding hydrogens is 461 g/mol. The molecule has 2 unspecified atom stereocenters. The van der Waals surface area contributed by atoms with Crippen LogP contribution in [0.2, 0.25) is 0 Å². The molecule has 4 rings (SSSR count). The minimum Gasteiger partial charge on any atom is -0.339 e. The molecule has 9 nitrogen and oxygen atoms in total. The number of anilines is 2. The molecule has 0 spiro atoms. The number of hydrogen-bond donors (Lipinski definition) is 3. The summed E-state index contributed by atoms with van der Waals surface area (Å²) >= 11 is 0. The highest BCUT2D eigenvalue weighted by Crippen LogP contribution is 2.26. The first kappa shape index (κ1) is 23.8. The maximum atomic E-state index is 12.9. The first-order chi connectivity index (χ1) is 16.4. The quantitative estimate of drug-likeness (QED) is 0.444. The van der Waals surface area contributed by atoms with Crippen molar-refractivity contribution in [1.82, 2.24) is 15.5 Å². The SMILES string of the molecule is CC(CF)C(=O)Nc1ccc(NS(=O)(=O)c2cccc(-c3noc(C4CCCNC4)n3)c2)cc1. The van der Waals surface area contributed by atoms with Gasteiger partial charge >= 0.3 is 0 Å². The van der Waals surface area contributed by atoms with Crippen LogP contribution in [0.5, 0.6) is 0 Å². The van der Waals surface area contributed by atoms with E-state index in [1.165, 1.54) is 43.3 Å². The average Bonchev–Trinajstić information content (AvgIpc) is 3.36. The van der Waals surface area contributed by atoms with Crippen LogP contribution in [-0.2, 0) is 14.8 Å². The van der Waals surface area contributed by atoms with Gasteiger partial charge in [0.1, 0.15) is 6.67 Å². The van der Waals surface area contributed by atoms with Crippen LogP contribution in [0, 0.1) is 5.92 Å². The van der Waals surface area contributed by atoms with E-state index in [2.05, 4.69) is 25.5 Å². The molecule has 0 saturated carbocycles. The van der Waals surface area contributed by atoms with Crippen molar-refractivity contribution in [3.8, 4) is 11.4 Å². The number of sulfonamides is 1. The Hall–Kier alpha value is -3.31. The number of nitrogens with one attached hydrogen (secondary N) is 3. The van der Waals surface area contributed by atoms with E-state index in [-0.39, 0.29) is 10.8 Å². The van der Waals surface area contributed by atoms with Crippen LogP contribution >= 0.6 is 0 Å². The van der Waals surface area contributed by atoms with E-state index in [4.69, 9.17) is 4.52 Å². The number of hydrogen-bond acceptors (Lipinski definition) is 7. The number of benzene rings is 2. The molecule has 3 aromatic rings. The number of halogens is 1. The molecule has 11 heteroatoms. The van der Waals surface area contributed by atoms with Crippen LogP contribution in [-0.4, -0.2) is 44.2 Å². The number of alkyl halides is 1. The molecule has 1 aromatic heterocycles. The second kappa shape index (κ2) is 10.3. The van der Waals surface area contributed by atoms with E-state index in [0.717, 1.165) is 25.9 Å². The summed E-state index contributed by atoms with van der Waals surface area (Å²) in [4.78, 5) is 16.3. The molecule has 2 aromatic carbocycles. The first-order valence-corrected chi connectivity index (χ1v) is 12.5. The third-order valence-electron chi connectivity index (χ3n) is 5.57. The van der Waals surface area contributed by atoms with Crippen molar-refractivity contribution < 1.29 is 22.1 Å². The second-order valence-corrected chi connectivity index (χ2v) is 9.94. The number of rotatable bonds is 8. The Morgan fingerprint density at radius 3 is 2.71 bits per heavy atom. The van der Waals surface area contributed by atoms with E-state index >= 15 is 0 Å². The highest BCUT2D eigenvalue weighted by Gasteiger charge is 2.23. The summed E-state index contributed by atoms with van der Waals surface area (Å²) in [5.74, 6) is -0.185. The lowest BCUT2D eigenvalue weighted by atomic mass is 10.00. The third kappa shape index (κ3) is 5.60. The molecule has 1 aliphatic rings. The minimum absolute atomic E-state index is 0.0461. The van der Waals surface area contributed by atoms with Crippen molar-refractivity contribution in [2.24, 2.45) is 5.92 Å². The maximum absolute atomic E-state index is 12.9. The molecule has 1 fully saturated rings. The second-order valence-electron chi connectivity index (χ2n) is 8.25. The van der Waals surface area contributed by atoms with E-state index in [1.807, 2.05) is 0 Å². The lowest BCUT2D eigenvalue weighted by Gasteiger charge is -2.18. The molecule has 0 bridgehead atoms. The number of aromatic nitrogens is 2. The van der Waals surface area contributed by atoms with Crippen molar-refractivity contribution in [2.45, 2.75) is 30.6 Å². The largest absolute Gasteiger partial charge is 0.339 e. The van der Waals surface area contributed by atoms with Gasteiger partial charge in [-0.25, -0.2) is 8.42 Å². The zero-order valence-corrected chi connectivity index (χ0v) is 19.4. The van der Waals surface area contributed by atoms with Gasteiger partial charge in [0.15, 0.2) is 0 Å². The molecule has 180 valence electrons. The Morgan fingerprint density at radius 1 is 1.24 bits per heavy atom. The Kier molecular flexibility index (Phi) is 7.23. The summed E-state index contributed by atoms with van der Waals surface area (Å²) in [5.41, 5.74) is 1.28. The van der Waals surface area contributed by atoms with E-state index in [1.54, 1.807) is 12.1 Å². The van der Waals surface area contributed by atoms with Gasteiger partial charge in [0.2, 0.25) is 17.6 Å². The predicted molar refractivity (Wildman–Crippen MR) is 126 cm³/mol. The number of amides is 1. The third-order valence-corrected chi connectivity index (χ3v) is 6.95. The fourth-order valence-corrected chi connectivity index (χ4v) is 4.66. The molecule has 0 aliphatic carbocycles. The number of piperidine rings is 1. The summed E-state index contributed by atoms with van der Waals surface area (Å²) in [6.45, 7) is 2.47. The van der Waals surface area contributed by atoms with Crippen LogP contribution in [0.1, 0.15) is 31.6 Å². The average molecular weight is 488 g/mol. The van der Waals surface area contributed by atoms with Crippen LogP contribution in [0.25, 0.3) is 11.4 Å². The molecule has 1 saturated heterocycles. The number of nitrogens with zero attached hydrogens (tertiary/aromatic N) is 2. The van der Waals surface area contributed by atoms with Crippen molar-refractivity contribution in [3.05, 3.63) is 54.4 Å². The smallest absolute Gasteiger partial charge is 0.261 e. The fourth-order valence-electron chi connectivity index (χ4n) is 3.55. The molecule has 3 N–H and O–H groups in total. The van der Waals surface area contributed by atoms with Crippen LogP contribution in [0.3, 0.4) is 0 Å². The van der Waals surface area contributed by atoms with Crippen molar-refractivity contribution >= 4 is 27.3 Å². The molecule has 0 radical (unpaired) electrons. The van der Waals surface area contributed by atoms with E-state index in [9.17, 15) is 17.6 Å². The number of carbonyl (C=O) groups excluding carboxylic acids is 1. The lowest BCUT2D eigenvalue weighted by molar-refractivity contribution is -0.119.